The van der Waals surface area contributed by atoms with E-state index in [9.17, 15) is 4.79 Å². The van der Waals surface area contributed by atoms with Gasteiger partial charge in [0.2, 0.25) is 0 Å². The number of ether oxygens (including phenoxy) is 1. The molecule has 0 aliphatic carbocycles. The van der Waals surface area contributed by atoms with Gasteiger partial charge in [0, 0.05) is 14.1 Å². The van der Waals surface area contributed by atoms with Crippen LogP contribution in [0.3, 0.4) is 0 Å². The molecule has 66 valence electrons. The van der Waals surface area contributed by atoms with Gasteiger partial charge >= 0.3 is 6.09 Å². The monoisotopic (exact) mass is 161 g/mol. The van der Waals surface area contributed by atoms with Crippen LogP contribution in [0.25, 0.3) is 0 Å². The maximum absolute atomic E-state index is 10.9. The van der Waals surface area contributed by atoms with Gasteiger partial charge in [-0.3, -0.25) is 0 Å². The minimum atomic E-state index is -0.626. The quantitative estimate of drug-likeness (QED) is 0.639. The number of carbonyl (C=O) groups is 1. The molecule has 0 spiro atoms. The predicted molar refractivity (Wildman–Crippen MR) is 41.3 cm³/mol. The van der Waals surface area contributed by atoms with Crippen molar-refractivity contribution in [3.63, 3.8) is 0 Å². The molecule has 2 atom stereocenters. The third-order valence-corrected chi connectivity index (χ3v) is 1.33. The number of amides is 1. The Balaban J connectivity index is 3.76. The second-order valence-corrected chi connectivity index (χ2v) is 2.72. The molecule has 0 unspecified atom stereocenters. The van der Waals surface area contributed by atoms with Crippen molar-refractivity contribution in [3.05, 3.63) is 0 Å². The Labute approximate surface area is 66.8 Å². The molecule has 0 heterocycles. The molecule has 0 fully saturated rings. The summed E-state index contributed by atoms with van der Waals surface area (Å²) in [5, 5.41) is 8.96. The highest BCUT2D eigenvalue weighted by molar-refractivity contribution is 5.66. The molecule has 0 aromatic heterocycles. The molecular formula is C7H15NO3. The van der Waals surface area contributed by atoms with Crippen LogP contribution in [0.1, 0.15) is 13.8 Å². The van der Waals surface area contributed by atoms with Crippen LogP contribution in [0.5, 0.6) is 0 Å². The summed E-state index contributed by atoms with van der Waals surface area (Å²) < 4.78 is 4.81. The molecule has 1 N–H and O–H groups in total. The predicted octanol–water partition coefficient (Wildman–Crippen LogP) is 0.454. The lowest BCUT2D eigenvalue weighted by Gasteiger charge is -2.18. The van der Waals surface area contributed by atoms with E-state index in [2.05, 4.69) is 0 Å². The molecule has 0 aliphatic rings. The number of nitrogens with zero attached hydrogens (tertiary/aromatic N) is 1. The van der Waals surface area contributed by atoms with Crippen molar-refractivity contribution in [1.29, 1.82) is 0 Å². The number of carbonyl (C=O) groups excluding carboxylic acids is 1. The van der Waals surface area contributed by atoms with E-state index < -0.39 is 18.3 Å². The van der Waals surface area contributed by atoms with E-state index in [1.54, 1.807) is 27.9 Å². The van der Waals surface area contributed by atoms with Crippen molar-refractivity contribution in [2.24, 2.45) is 0 Å². The van der Waals surface area contributed by atoms with Gasteiger partial charge in [-0.25, -0.2) is 4.79 Å². The van der Waals surface area contributed by atoms with Crippen molar-refractivity contribution in [2.75, 3.05) is 14.1 Å². The van der Waals surface area contributed by atoms with Crippen LogP contribution >= 0.6 is 0 Å². The van der Waals surface area contributed by atoms with Crippen molar-refractivity contribution < 1.29 is 14.6 Å². The van der Waals surface area contributed by atoms with Crippen LogP contribution in [0.2, 0.25) is 0 Å². The van der Waals surface area contributed by atoms with Gasteiger partial charge in [-0.2, -0.15) is 0 Å². The van der Waals surface area contributed by atoms with Crippen molar-refractivity contribution >= 4 is 6.09 Å². The second-order valence-electron chi connectivity index (χ2n) is 2.72. The zero-order valence-electron chi connectivity index (χ0n) is 7.37. The minimum absolute atomic E-state index is 0.432. The lowest BCUT2D eigenvalue weighted by molar-refractivity contribution is 0.0111. The molecule has 0 aliphatic heterocycles. The number of hydrogen-bond acceptors (Lipinski definition) is 3. The van der Waals surface area contributed by atoms with E-state index in [1.807, 2.05) is 0 Å². The average Bonchev–Trinajstić information content (AvgIpc) is 1.87. The molecule has 0 saturated heterocycles. The second kappa shape index (κ2) is 4.18. The number of aliphatic hydroxyl groups is 1. The molecule has 4 heteroatoms. The fourth-order valence-corrected chi connectivity index (χ4v) is 0.363. The smallest absolute Gasteiger partial charge is 0.409 e. The maximum Gasteiger partial charge on any atom is 0.409 e. The average molecular weight is 161 g/mol. The minimum Gasteiger partial charge on any atom is -0.444 e. The summed E-state index contributed by atoms with van der Waals surface area (Å²) in [6, 6.07) is 0. The Hall–Kier alpha value is -0.770. The van der Waals surface area contributed by atoms with Crippen molar-refractivity contribution in [1.82, 2.24) is 4.90 Å². The summed E-state index contributed by atoms with van der Waals surface area (Å²) in [5.74, 6) is 0. The highest BCUT2D eigenvalue weighted by atomic mass is 16.6. The molecule has 4 nitrogen and oxygen atoms in total. The first-order valence-corrected chi connectivity index (χ1v) is 3.51. The molecule has 1 amide bonds. The molecular weight excluding hydrogens is 146 g/mol. The molecule has 0 saturated carbocycles. The Morgan fingerprint density at radius 1 is 1.45 bits per heavy atom. The first-order valence-electron chi connectivity index (χ1n) is 3.51. The van der Waals surface area contributed by atoms with E-state index in [0.29, 0.717) is 0 Å². The Morgan fingerprint density at radius 3 is 2.18 bits per heavy atom. The lowest BCUT2D eigenvalue weighted by atomic mass is 10.3. The van der Waals surface area contributed by atoms with Gasteiger partial charge < -0.3 is 14.7 Å². The third-order valence-electron chi connectivity index (χ3n) is 1.33. The lowest BCUT2D eigenvalue weighted by Crippen LogP contribution is -2.31. The summed E-state index contributed by atoms with van der Waals surface area (Å²) >= 11 is 0. The molecule has 0 bridgehead atoms. The van der Waals surface area contributed by atoms with E-state index in [4.69, 9.17) is 9.84 Å². The van der Waals surface area contributed by atoms with Crippen LogP contribution in [0.15, 0.2) is 0 Å². The summed E-state index contributed by atoms with van der Waals surface area (Å²) in [4.78, 5) is 12.2. The van der Waals surface area contributed by atoms with Gasteiger partial charge in [0.15, 0.2) is 0 Å². The van der Waals surface area contributed by atoms with Crippen molar-refractivity contribution in [3.8, 4) is 0 Å². The first-order chi connectivity index (χ1) is 4.95. The Morgan fingerprint density at radius 2 is 1.91 bits per heavy atom. The molecule has 11 heavy (non-hydrogen) atoms. The standard InChI is InChI=1S/C7H15NO3/c1-5(9)6(2)11-7(10)8(3)4/h5-6,9H,1-4H3/t5-,6-/m0/s1. The summed E-state index contributed by atoms with van der Waals surface area (Å²) in [6.07, 6.45) is -1.51. The fourth-order valence-electron chi connectivity index (χ4n) is 0.363. The molecule has 0 rings (SSSR count). The van der Waals surface area contributed by atoms with Crippen LogP contribution < -0.4 is 0 Å². The first kappa shape index (κ1) is 10.2. The van der Waals surface area contributed by atoms with Gasteiger partial charge in [0.1, 0.15) is 6.10 Å². The topological polar surface area (TPSA) is 49.8 Å². The normalized spacial score (nSPS) is 15.4. The molecule has 0 aromatic carbocycles. The van der Waals surface area contributed by atoms with Crippen LogP contribution in [-0.2, 0) is 4.74 Å². The fraction of sp³-hybridized carbons (Fsp3) is 0.857. The highest BCUT2D eigenvalue weighted by Gasteiger charge is 2.14. The van der Waals surface area contributed by atoms with Gasteiger partial charge in [-0.15, -0.1) is 0 Å². The third kappa shape index (κ3) is 3.83. The van der Waals surface area contributed by atoms with Gasteiger partial charge in [0.05, 0.1) is 6.10 Å². The number of rotatable bonds is 2. The summed E-state index contributed by atoms with van der Waals surface area (Å²) in [6.45, 7) is 3.22. The van der Waals surface area contributed by atoms with E-state index in [-0.39, 0.29) is 0 Å². The largest absolute Gasteiger partial charge is 0.444 e. The zero-order valence-corrected chi connectivity index (χ0v) is 7.37. The Kier molecular flexibility index (Phi) is 3.89. The summed E-state index contributed by atoms with van der Waals surface area (Å²) in [7, 11) is 3.19. The molecule has 0 aromatic rings. The van der Waals surface area contributed by atoms with Gasteiger partial charge in [-0.1, -0.05) is 0 Å². The van der Waals surface area contributed by atoms with E-state index >= 15 is 0 Å². The zero-order chi connectivity index (χ0) is 9.02. The highest BCUT2D eigenvalue weighted by Crippen LogP contribution is 1.99. The number of aliphatic hydroxyl groups excluding tert-OH is 1. The maximum atomic E-state index is 10.9. The van der Waals surface area contributed by atoms with Gasteiger partial charge in [-0.05, 0) is 13.8 Å². The van der Waals surface area contributed by atoms with Gasteiger partial charge in [0.25, 0.3) is 0 Å². The van der Waals surface area contributed by atoms with Crippen molar-refractivity contribution in [2.45, 2.75) is 26.1 Å². The number of hydrogen-bond donors (Lipinski definition) is 1. The molecule has 0 radical (unpaired) electrons. The van der Waals surface area contributed by atoms with Crippen LogP contribution in [0, 0.1) is 0 Å². The van der Waals surface area contributed by atoms with Crippen LogP contribution in [-0.4, -0.2) is 42.4 Å². The van der Waals surface area contributed by atoms with Crippen LogP contribution in [0.4, 0.5) is 4.79 Å². The summed E-state index contributed by atoms with van der Waals surface area (Å²) in [5.41, 5.74) is 0. The van der Waals surface area contributed by atoms with E-state index in [1.165, 1.54) is 4.90 Å². The SMILES string of the molecule is C[C@H](O)[C@H](C)OC(=O)N(C)C. The van der Waals surface area contributed by atoms with E-state index in [0.717, 1.165) is 0 Å². The Bertz CT molecular complexity index is 134.